The molecular formula is C22H25NO6. The Bertz CT molecular complexity index is 923. The van der Waals surface area contributed by atoms with Gasteiger partial charge in [0.15, 0.2) is 0 Å². The predicted molar refractivity (Wildman–Crippen MR) is 108 cm³/mol. The van der Waals surface area contributed by atoms with Gasteiger partial charge in [0.25, 0.3) is 11.6 Å². The number of nitrogens with two attached hydrogens (primary N) is 1. The lowest BCUT2D eigenvalue weighted by molar-refractivity contribution is -0.152. The molecular weight excluding hydrogens is 374 g/mol. The number of carbonyl (C=O) groups is 4. The second-order valence-electron chi connectivity index (χ2n) is 7.23. The Hall–Kier alpha value is -3.22. The first kappa shape index (κ1) is 22.1. The summed E-state index contributed by atoms with van der Waals surface area (Å²) < 4.78 is 9.54. The molecule has 0 radical (unpaired) electrons. The average molecular weight is 399 g/mol. The van der Waals surface area contributed by atoms with Crippen LogP contribution < -0.4 is 5.73 Å². The van der Waals surface area contributed by atoms with E-state index in [0.717, 1.165) is 5.57 Å². The van der Waals surface area contributed by atoms with Crippen LogP contribution >= 0.6 is 0 Å². The van der Waals surface area contributed by atoms with Crippen molar-refractivity contribution in [3.63, 3.8) is 0 Å². The van der Waals surface area contributed by atoms with E-state index in [9.17, 15) is 19.2 Å². The molecule has 7 heteroatoms. The molecule has 2 rings (SSSR count). The molecule has 29 heavy (non-hydrogen) atoms. The van der Waals surface area contributed by atoms with Gasteiger partial charge in [-0.1, -0.05) is 38.1 Å². The second-order valence-corrected chi connectivity index (χ2v) is 7.23. The minimum absolute atomic E-state index is 0.110. The summed E-state index contributed by atoms with van der Waals surface area (Å²) in [5, 5.41) is 0. The van der Waals surface area contributed by atoms with Gasteiger partial charge in [-0.05, 0) is 37.3 Å². The van der Waals surface area contributed by atoms with Crippen LogP contribution in [-0.2, 0) is 23.9 Å². The number of anilines is 1. The number of rotatable bonds is 7. The van der Waals surface area contributed by atoms with Crippen molar-refractivity contribution in [2.24, 2.45) is 5.41 Å². The summed E-state index contributed by atoms with van der Waals surface area (Å²) in [4.78, 5) is 47.9. The number of hydrogen-bond acceptors (Lipinski definition) is 7. The quantitative estimate of drug-likeness (QED) is 0.325. The Balaban J connectivity index is 2.34. The number of ketones is 2. The first-order valence-electron chi connectivity index (χ1n) is 9.36. The van der Waals surface area contributed by atoms with E-state index >= 15 is 0 Å². The smallest absolute Gasteiger partial charge is 0.379 e. The van der Waals surface area contributed by atoms with Gasteiger partial charge in [-0.25, -0.2) is 9.59 Å². The zero-order valence-corrected chi connectivity index (χ0v) is 17.0. The molecule has 7 nitrogen and oxygen atoms in total. The predicted octanol–water partition coefficient (Wildman–Crippen LogP) is 2.89. The van der Waals surface area contributed by atoms with Crippen LogP contribution in [0.2, 0.25) is 0 Å². The number of Topliss-reactive ketones (excluding diaryl/α,β-unsaturated/α-hetero) is 2. The number of nitrogen functional groups attached to an aromatic ring is 1. The van der Waals surface area contributed by atoms with Crippen LogP contribution in [0.25, 0.3) is 5.57 Å². The van der Waals surface area contributed by atoms with E-state index in [4.69, 9.17) is 15.2 Å². The zero-order valence-electron chi connectivity index (χ0n) is 17.0. The van der Waals surface area contributed by atoms with E-state index in [1.165, 1.54) is 12.1 Å². The molecule has 0 spiro atoms. The van der Waals surface area contributed by atoms with Crippen LogP contribution in [0.15, 0.2) is 35.9 Å². The van der Waals surface area contributed by atoms with E-state index in [-0.39, 0.29) is 18.8 Å². The third-order valence-corrected chi connectivity index (χ3v) is 4.64. The van der Waals surface area contributed by atoms with Crippen molar-refractivity contribution in [3.05, 3.63) is 47.1 Å². The maximum absolute atomic E-state index is 12.4. The lowest BCUT2D eigenvalue weighted by atomic mass is 9.72. The van der Waals surface area contributed by atoms with Crippen LogP contribution in [0.3, 0.4) is 0 Å². The molecule has 0 aliphatic heterocycles. The number of hydrogen-bond donors (Lipinski definition) is 1. The van der Waals surface area contributed by atoms with E-state index in [1.807, 2.05) is 13.8 Å². The monoisotopic (exact) mass is 399 g/mol. The normalized spacial score (nSPS) is 15.0. The molecule has 154 valence electrons. The van der Waals surface area contributed by atoms with Crippen LogP contribution in [-0.4, -0.2) is 36.7 Å². The number of ether oxygens (including phenoxy) is 2. The molecule has 1 aliphatic carbocycles. The summed E-state index contributed by atoms with van der Waals surface area (Å²) >= 11 is 0. The summed E-state index contributed by atoms with van der Waals surface area (Å²) in [6.07, 6.45) is 3.80. The average Bonchev–Trinajstić information content (AvgIpc) is 2.66. The fourth-order valence-corrected chi connectivity index (χ4v) is 3.23. The van der Waals surface area contributed by atoms with Crippen molar-refractivity contribution in [2.45, 2.75) is 34.1 Å². The summed E-state index contributed by atoms with van der Waals surface area (Å²) in [7, 11) is 0. The summed E-state index contributed by atoms with van der Waals surface area (Å²) in [6, 6.07) is 4.61. The highest BCUT2D eigenvalue weighted by molar-refractivity contribution is 6.41. The molecule has 1 aromatic carbocycles. The highest BCUT2D eigenvalue weighted by Gasteiger charge is 2.35. The van der Waals surface area contributed by atoms with Crippen LogP contribution in [0.5, 0.6) is 0 Å². The molecule has 0 unspecified atom stereocenters. The lowest BCUT2D eigenvalue weighted by Gasteiger charge is -2.31. The molecule has 0 saturated heterocycles. The van der Waals surface area contributed by atoms with Gasteiger partial charge in [-0.3, -0.25) is 9.59 Å². The Morgan fingerprint density at radius 1 is 0.966 bits per heavy atom. The van der Waals surface area contributed by atoms with Gasteiger partial charge in [0.1, 0.15) is 0 Å². The van der Waals surface area contributed by atoms with E-state index in [1.54, 1.807) is 32.1 Å². The maximum Gasteiger partial charge on any atom is 0.379 e. The number of carbonyl (C=O) groups excluding carboxylic acids is 4. The van der Waals surface area contributed by atoms with Gasteiger partial charge >= 0.3 is 11.9 Å². The fraction of sp³-hybridized carbons (Fsp3) is 0.364. The van der Waals surface area contributed by atoms with Gasteiger partial charge in [0, 0.05) is 22.4 Å². The molecule has 0 bridgehead atoms. The van der Waals surface area contributed by atoms with Gasteiger partial charge in [-0.15, -0.1) is 0 Å². The van der Waals surface area contributed by atoms with Crippen molar-refractivity contribution in [3.8, 4) is 0 Å². The van der Waals surface area contributed by atoms with Gasteiger partial charge in [0.2, 0.25) is 0 Å². The molecule has 0 atom stereocenters. The third-order valence-electron chi connectivity index (χ3n) is 4.64. The topological polar surface area (TPSA) is 113 Å². The largest absolute Gasteiger partial charge is 0.460 e. The molecule has 1 aromatic rings. The number of allylic oxidation sites excluding steroid dienone is 3. The van der Waals surface area contributed by atoms with E-state index in [0.29, 0.717) is 23.2 Å². The van der Waals surface area contributed by atoms with Gasteiger partial charge < -0.3 is 15.2 Å². The highest BCUT2D eigenvalue weighted by Crippen LogP contribution is 2.42. The maximum atomic E-state index is 12.4. The Kier molecular flexibility index (Phi) is 6.74. The van der Waals surface area contributed by atoms with Crippen molar-refractivity contribution in [1.82, 2.24) is 0 Å². The Morgan fingerprint density at radius 3 is 2.07 bits per heavy atom. The molecule has 0 amide bonds. The van der Waals surface area contributed by atoms with Crippen molar-refractivity contribution >= 4 is 34.8 Å². The minimum atomic E-state index is -0.928. The van der Waals surface area contributed by atoms with Gasteiger partial charge in [0.05, 0.1) is 13.2 Å². The SMILES string of the molecule is CCOC(=O)C(=O)C1=CC=C(c2ccc(C(=O)C(=O)OCC)cc2N)CC1(C)C. The fourth-order valence-electron chi connectivity index (χ4n) is 3.23. The minimum Gasteiger partial charge on any atom is -0.460 e. The van der Waals surface area contributed by atoms with Crippen LogP contribution in [0, 0.1) is 5.41 Å². The van der Waals surface area contributed by atoms with Crippen molar-refractivity contribution in [1.29, 1.82) is 0 Å². The van der Waals surface area contributed by atoms with Crippen LogP contribution in [0.1, 0.15) is 50.0 Å². The summed E-state index contributed by atoms with van der Waals surface area (Å²) in [5.41, 5.74) is 7.90. The van der Waals surface area contributed by atoms with Crippen molar-refractivity contribution < 1.29 is 28.7 Å². The second kappa shape index (κ2) is 8.86. The van der Waals surface area contributed by atoms with E-state index in [2.05, 4.69) is 0 Å². The third kappa shape index (κ3) is 4.80. The van der Waals surface area contributed by atoms with Gasteiger partial charge in [-0.2, -0.15) is 0 Å². The molecule has 1 aliphatic rings. The van der Waals surface area contributed by atoms with E-state index < -0.39 is 28.9 Å². The standard InChI is InChI=1S/C22H25NO6/c1-5-28-20(26)18(24)13-7-9-15(17(23)11-13)14-8-10-16(22(3,4)12-14)19(25)21(27)29-6-2/h7-11H,5-6,12,23H2,1-4H3. The molecule has 0 fully saturated rings. The first-order chi connectivity index (χ1) is 13.6. The molecule has 0 saturated carbocycles. The molecule has 0 aromatic heterocycles. The Morgan fingerprint density at radius 2 is 1.55 bits per heavy atom. The highest BCUT2D eigenvalue weighted by atomic mass is 16.5. The number of benzene rings is 1. The lowest BCUT2D eigenvalue weighted by Crippen LogP contribution is -2.30. The van der Waals surface area contributed by atoms with Crippen molar-refractivity contribution in [2.75, 3.05) is 18.9 Å². The first-order valence-corrected chi connectivity index (χ1v) is 9.36. The van der Waals surface area contributed by atoms with Crippen LogP contribution in [0.4, 0.5) is 5.69 Å². The summed E-state index contributed by atoms with van der Waals surface area (Å²) in [5.74, 6) is -3.21. The Labute approximate surface area is 169 Å². The summed E-state index contributed by atoms with van der Waals surface area (Å²) in [6.45, 7) is 7.22. The number of esters is 2. The molecule has 2 N–H and O–H groups in total. The molecule has 0 heterocycles. The zero-order chi connectivity index (χ0) is 21.8.